The molecule has 1 aromatic rings. The first kappa shape index (κ1) is 14.7. The zero-order valence-electron chi connectivity index (χ0n) is 12.0. The van der Waals surface area contributed by atoms with Crippen molar-refractivity contribution in [3.05, 3.63) is 24.3 Å². The number of carbonyl (C=O) groups is 1. The maximum atomic E-state index is 11.8. The van der Waals surface area contributed by atoms with Gasteiger partial charge in [0, 0.05) is 0 Å². The molecule has 1 fully saturated rings. The van der Waals surface area contributed by atoms with Crippen molar-refractivity contribution in [2.75, 3.05) is 12.3 Å². The van der Waals surface area contributed by atoms with Gasteiger partial charge in [-0.05, 0) is 37.3 Å². The Kier molecular flexibility index (Phi) is 5.27. The summed E-state index contributed by atoms with van der Waals surface area (Å²) in [7, 11) is 0. The van der Waals surface area contributed by atoms with Crippen molar-refractivity contribution in [1.29, 1.82) is 0 Å². The largest absolute Gasteiger partial charge is 0.491 e. The lowest BCUT2D eigenvalue weighted by Gasteiger charge is -2.26. The summed E-state index contributed by atoms with van der Waals surface area (Å²) >= 11 is 0. The van der Waals surface area contributed by atoms with Crippen LogP contribution >= 0.6 is 0 Å². The monoisotopic (exact) mass is 277 g/mol. The molecular weight excluding hydrogens is 254 g/mol. The van der Waals surface area contributed by atoms with Crippen molar-refractivity contribution in [3.63, 3.8) is 0 Å². The van der Waals surface area contributed by atoms with Gasteiger partial charge in [0.1, 0.15) is 11.9 Å². The molecule has 0 radical (unpaired) electrons. The molecule has 0 saturated heterocycles. The summed E-state index contributed by atoms with van der Waals surface area (Å²) in [6, 6.07) is 7.27. The van der Waals surface area contributed by atoms with Gasteiger partial charge < -0.3 is 15.2 Å². The second-order valence-corrected chi connectivity index (χ2v) is 5.52. The highest BCUT2D eigenvalue weighted by atomic mass is 16.5. The van der Waals surface area contributed by atoms with Gasteiger partial charge in [0.05, 0.1) is 18.7 Å². The Morgan fingerprint density at radius 3 is 2.90 bits per heavy atom. The number of carbonyl (C=O) groups excluding carboxylic acids is 1. The van der Waals surface area contributed by atoms with Crippen LogP contribution in [0.2, 0.25) is 0 Å². The predicted molar refractivity (Wildman–Crippen MR) is 78.5 cm³/mol. The first-order chi connectivity index (χ1) is 9.65. The molecule has 4 heteroatoms. The molecule has 1 aromatic carbocycles. The summed E-state index contributed by atoms with van der Waals surface area (Å²) < 4.78 is 11.0. The molecule has 0 bridgehead atoms. The van der Waals surface area contributed by atoms with E-state index >= 15 is 0 Å². The van der Waals surface area contributed by atoms with Crippen LogP contribution in [0.3, 0.4) is 0 Å². The Bertz CT molecular complexity index is 447. The molecule has 1 saturated carbocycles. The molecule has 0 aromatic heterocycles. The molecule has 2 atom stereocenters. The highest BCUT2D eigenvalue weighted by Gasteiger charge is 2.21. The number of nitrogen functional groups attached to an aromatic ring is 1. The molecule has 2 unspecified atom stereocenters. The zero-order chi connectivity index (χ0) is 14.4. The third-order valence-corrected chi connectivity index (χ3v) is 3.67. The Balaban J connectivity index is 1.69. The maximum absolute atomic E-state index is 11.8. The maximum Gasteiger partial charge on any atom is 0.309 e. The molecule has 0 amide bonds. The second kappa shape index (κ2) is 7.17. The molecule has 2 rings (SSSR count). The van der Waals surface area contributed by atoms with Crippen LogP contribution in [0.4, 0.5) is 5.69 Å². The van der Waals surface area contributed by atoms with Gasteiger partial charge in [-0.25, -0.2) is 0 Å². The second-order valence-electron chi connectivity index (χ2n) is 5.52. The summed E-state index contributed by atoms with van der Waals surface area (Å²) in [5.41, 5.74) is 6.35. The van der Waals surface area contributed by atoms with Crippen LogP contribution in [0.15, 0.2) is 24.3 Å². The fourth-order valence-corrected chi connectivity index (χ4v) is 2.59. The number of esters is 1. The molecule has 0 spiro atoms. The molecule has 20 heavy (non-hydrogen) atoms. The number of benzene rings is 1. The Morgan fingerprint density at radius 2 is 2.15 bits per heavy atom. The van der Waals surface area contributed by atoms with Gasteiger partial charge >= 0.3 is 5.97 Å². The average Bonchev–Trinajstić information content (AvgIpc) is 2.41. The van der Waals surface area contributed by atoms with E-state index in [2.05, 4.69) is 6.92 Å². The van der Waals surface area contributed by atoms with E-state index in [-0.39, 0.29) is 18.5 Å². The summed E-state index contributed by atoms with van der Waals surface area (Å²) in [6.07, 6.45) is 4.72. The van der Waals surface area contributed by atoms with Gasteiger partial charge in [-0.2, -0.15) is 0 Å². The number of nitrogens with two attached hydrogens (primary N) is 1. The lowest BCUT2D eigenvalue weighted by molar-refractivity contribution is -0.151. The van der Waals surface area contributed by atoms with Crippen molar-refractivity contribution < 1.29 is 14.3 Å². The third-order valence-electron chi connectivity index (χ3n) is 3.67. The van der Waals surface area contributed by atoms with Gasteiger partial charge in [0.15, 0.2) is 0 Å². The summed E-state index contributed by atoms with van der Waals surface area (Å²) in [4.78, 5) is 11.8. The van der Waals surface area contributed by atoms with E-state index in [1.165, 1.54) is 6.42 Å². The minimum absolute atomic E-state index is 0.0908. The normalized spacial score (nSPS) is 22.2. The Morgan fingerprint density at radius 1 is 1.35 bits per heavy atom. The highest BCUT2D eigenvalue weighted by Crippen LogP contribution is 2.26. The topological polar surface area (TPSA) is 61.5 Å². The standard InChI is InChI=1S/C16H23NO3/c1-12-5-4-6-13(11-12)20-16(18)9-10-19-15-8-3-2-7-14(15)17/h2-3,7-8,12-13H,4-6,9-11,17H2,1H3. The minimum Gasteiger partial charge on any atom is -0.491 e. The van der Waals surface area contributed by atoms with Gasteiger partial charge in [-0.15, -0.1) is 0 Å². The van der Waals surface area contributed by atoms with Gasteiger partial charge in [-0.1, -0.05) is 25.5 Å². The van der Waals surface area contributed by atoms with E-state index in [9.17, 15) is 4.79 Å². The smallest absolute Gasteiger partial charge is 0.309 e. The fourth-order valence-electron chi connectivity index (χ4n) is 2.59. The molecular formula is C16H23NO3. The number of hydrogen-bond donors (Lipinski definition) is 1. The fraction of sp³-hybridized carbons (Fsp3) is 0.562. The van der Waals surface area contributed by atoms with E-state index in [1.807, 2.05) is 12.1 Å². The van der Waals surface area contributed by atoms with Crippen LogP contribution in [0.1, 0.15) is 39.0 Å². The van der Waals surface area contributed by atoms with E-state index in [4.69, 9.17) is 15.2 Å². The van der Waals surface area contributed by atoms with Gasteiger partial charge in [0.25, 0.3) is 0 Å². The first-order valence-corrected chi connectivity index (χ1v) is 7.32. The van der Waals surface area contributed by atoms with Crippen molar-refractivity contribution in [2.45, 2.75) is 45.1 Å². The molecule has 1 aliphatic rings. The molecule has 2 N–H and O–H groups in total. The van der Waals surface area contributed by atoms with Gasteiger partial charge in [0.2, 0.25) is 0 Å². The third kappa shape index (κ3) is 4.44. The van der Waals surface area contributed by atoms with Crippen LogP contribution < -0.4 is 10.5 Å². The van der Waals surface area contributed by atoms with E-state index < -0.39 is 0 Å². The quantitative estimate of drug-likeness (QED) is 0.663. The molecule has 0 aliphatic heterocycles. The number of ether oxygens (including phenoxy) is 2. The van der Waals surface area contributed by atoms with Crippen molar-refractivity contribution in [1.82, 2.24) is 0 Å². The van der Waals surface area contributed by atoms with Crippen LogP contribution in [-0.4, -0.2) is 18.7 Å². The zero-order valence-corrected chi connectivity index (χ0v) is 12.0. The lowest BCUT2D eigenvalue weighted by Crippen LogP contribution is -2.25. The van der Waals surface area contributed by atoms with Crippen LogP contribution in [0.5, 0.6) is 5.75 Å². The first-order valence-electron chi connectivity index (χ1n) is 7.32. The van der Waals surface area contributed by atoms with Crippen molar-refractivity contribution >= 4 is 11.7 Å². The van der Waals surface area contributed by atoms with Gasteiger partial charge in [-0.3, -0.25) is 4.79 Å². The van der Waals surface area contributed by atoms with Crippen molar-refractivity contribution in [3.8, 4) is 5.75 Å². The predicted octanol–water partition coefficient (Wildman–Crippen LogP) is 3.16. The summed E-state index contributed by atoms with van der Waals surface area (Å²) in [6.45, 7) is 2.51. The molecule has 0 heterocycles. The van der Waals surface area contributed by atoms with E-state index in [0.717, 1.165) is 19.3 Å². The van der Waals surface area contributed by atoms with E-state index in [1.54, 1.807) is 12.1 Å². The number of rotatable bonds is 5. The Labute approximate surface area is 120 Å². The minimum atomic E-state index is -0.182. The highest BCUT2D eigenvalue weighted by molar-refractivity contribution is 5.69. The number of anilines is 1. The Hall–Kier alpha value is -1.71. The van der Waals surface area contributed by atoms with Crippen LogP contribution in [0, 0.1) is 5.92 Å². The van der Waals surface area contributed by atoms with Crippen molar-refractivity contribution in [2.24, 2.45) is 5.92 Å². The van der Waals surface area contributed by atoms with Crippen LogP contribution in [0.25, 0.3) is 0 Å². The molecule has 110 valence electrons. The molecule has 4 nitrogen and oxygen atoms in total. The lowest BCUT2D eigenvalue weighted by atomic mass is 9.89. The SMILES string of the molecule is CC1CCCC(OC(=O)CCOc2ccccc2N)C1. The van der Waals surface area contributed by atoms with E-state index in [0.29, 0.717) is 24.0 Å². The summed E-state index contributed by atoms with van der Waals surface area (Å²) in [5, 5.41) is 0. The summed E-state index contributed by atoms with van der Waals surface area (Å²) in [5.74, 6) is 1.09. The number of hydrogen-bond acceptors (Lipinski definition) is 4. The average molecular weight is 277 g/mol. The molecule has 1 aliphatic carbocycles. The van der Waals surface area contributed by atoms with Crippen LogP contribution in [-0.2, 0) is 9.53 Å². The number of para-hydroxylation sites is 2.